The van der Waals surface area contributed by atoms with Gasteiger partial charge < -0.3 is 89.5 Å². The Bertz CT molecular complexity index is 1660. The van der Waals surface area contributed by atoms with Gasteiger partial charge in [-0.1, -0.05) is 167 Å². The van der Waals surface area contributed by atoms with Crippen molar-refractivity contribution in [2.24, 2.45) is 0 Å². The largest absolute Gasteiger partial charge is 0.472 e. The summed E-state index contributed by atoms with van der Waals surface area (Å²) in [6, 6.07) is 0. The van der Waals surface area contributed by atoms with Crippen molar-refractivity contribution in [1.82, 2.24) is 0 Å². The van der Waals surface area contributed by atoms with E-state index >= 15 is 0 Å². The van der Waals surface area contributed by atoms with Crippen LogP contribution in [0.25, 0.3) is 0 Å². The summed E-state index contributed by atoms with van der Waals surface area (Å²) in [5.74, 6) is -1.33. The number of esters is 2. The molecule has 0 aromatic carbocycles. The zero-order valence-corrected chi connectivity index (χ0v) is 49.2. The molecule has 1 aliphatic carbocycles. The van der Waals surface area contributed by atoms with Crippen molar-refractivity contribution in [2.45, 2.75) is 311 Å². The molecule has 16 unspecified atom stereocenters. The summed E-state index contributed by atoms with van der Waals surface area (Å²) in [6.07, 6.45) is 0.379. The predicted octanol–water partition coefficient (Wildman–Crippen LogP) is 4.71. The van der Waals surface area contributed by atoms with Crippen LogP contribution in [0.1, 0.15) is 206 Å². The molecule has 3 rings (SSSR count). The average molecular weight is 1190 g/mol. The number of allylic oxidation sites excluding steroid dienone is 2. The van der Waals surface area contributed by atoms with Crippen LogP contribution in [-0.4, -0.2) is 204 Å². The maximum Gasteiger partial charge on any atom is 0.472 e. The van der Waals surface area contributed by atoms with E-state index in [1.807, 2.05) is 0 Å². The Morgan fingerprint density at radius 1 is 0.457 bits per heavy atom. The van der Waals surface area contributed by atoms with Gasteiger partial charge >= 0.3 is 19.8 Å². The molecule has 2 heterocycles. The zero-order valence-electron chi connectivity index (χ0n) is 48.3. The SMILES string of the molecule is CCCCCCC=CCCCCCCCCCC(=O)OCC(COP(=O)(O)OC1C(OC2OC(CO)C(O)C(O)C2O)C(O)C(O)C(O)C1OC1OC(CO)C(O)C(O)C1O)OC(=O)CCCCCCCCCCCCCCCCC. The topological polar surface area (TPSA) is 368 Å². The highest BCUT2D eigenvalue weighted by molar-refractivity contribution is 7.47. The molecule has 0 aromatic heterocycles. The number of aliphatic hydroxyl groups excluding tert-OH is 11. The molecule has 2 aliphatic heterocycles. The third-order valence-electron chi connectivity index (χ3n) is 15.3. The molecule has 0 spiro atoms. The van der Waals surface area contributed by atoms with E-state index in [4.69, 9.17) is 37.5 Å². The van der Waals surface area contributed by atoms with Crippen LogP contribution in [0.3, 0.4) is 0 Å². The second-order valence-corrected chi connectivity index (χ2v) is 23.6. The predicted molar refractivity (Wildman–Crippen MR) is 296 cm³/mol. The first kappa shape index (κ1) is 73.4. The molecule has 1 saturated carbocycles. The molecule has 0 radical (unpaired) electrons. The standard InChI is InChI=1S/C57H105O23P/c1-3-5-7-9-11-13-15-17-19-21-23-25-27-29-31-33-42(60)73-37-39(75-43(61)34-32-30-28-26-24-22-20-18-16-14-12-10-8-6-4-2)38-74-81(71,72)80-55-53(78-56-51(69)46(64)44(62)40(35-58)76-56)49(67)48(66)50(68)54(55)79-57-52(70)47(65)45(63)41(36-59)77-57/h13,15,39-41,44-59,62-70H,3-12,14,16-38H2,1-2H3,(H,71,72). The maximum absolute atomic E-state index is 14.0. The van der Waals surface area contributed by atoms with Crippen molar-refractivity contribution in [2.75, 3.05) is 26.4 Å². The summed E-state index contributed by atoms with van der Waals surface area (Å²) >= 11 is 0. The molecule has 0 bridgehead atoms. The molecule has 2 saturated heterocycles. The Hall–Kier alpha value is -1.81. The van der Waals surface area contributed by atoms with E-state index in [0.29, 0.717) is 12.8 Å². The lowest BCUT2D eigenvalue weighted by Gasteiger charge is -2.49. The fourth-order valence-corrected chi connectivity index (χ4v) is 11.2. The molecule has 0 aromatic rings. The van der Waals surface area contributed by atoms with E-state index in [-0.39, 0.29) is 12.8 Å². The van der Waals surface area contributed by atoms with Gasteiger partial charge in [-0.3, -0.25) is 18.6 Å². The number of rotatable bonds is 45. The van der Waals surface area contributed by atoms with Crippen LogP contribution in [0.2, 0.25) is 0 Å². The highest BCUT2D eigenvalue weighted by Gasteiger charge is 2.58. The van der Waals surface area contributed by atoms with E-state index in [1.165, 1.54) is 83.5 Å². The molecule has 0 amide bonds. The number of phosphoric ester groups is 1. The number of aliphatic hydroxyl groups is 11. The van der Waals surface area contributed by atoms with Crippen molar-refractivity contribution in [1.29, 1.82) is 0 Å². The van der Waals surface area contributed by atoms with Crippen LogP contribution in [-0.2, 0) is 51.6 Å². The second-order valence-electron chi connectivity index (χ2n) is 22.2. The fraction of sp³-hybridized carbons (Fsp3) is 0.930. The van der Waals surface area contributed by atoms with Gasteiger partial charge in [0.1, 0.15) is 92.1 Å². The van der Waals surface area contributed by atoms with Gasteiger partial charge in [0.05, 0.1) is 19.8 Å². The lowest BCUT2D eigenvalue weighted by atomic mass is 9.84. The molecule has 16 atom stereocenters. The van der Waals surface area contributed by atoms with Crippen LogP contribution in [0.15, 0.2) is 12.2 Å². The van der Waals surface area contributed by atoms with Crippen LogP contribution in [0.5, 0.6) is 0 Å². The Labute approximate surface area is 480 Å². The third kappa shape index (κ3) is 27.6. The number of unbranched alkanes of at least 4 members (excludes halogenated alkanes) is 25. The fourth-order valence-electron chi connectivity index (χ4n) is 10.2. The van der Waals surface area contributed by atoms with Crippen molar-refractivity contribution in [3.8, 4) is 0 Å². The van der Waals surface area contributed by atoms with Crippen molar-refractivity contribution in [3.05, 3.63) is 12.2 Å². The van der Waals surface area contributed by atoms with Crippen LogP contribution in [0, 0.1) is 0 Å². The smallest absolute Gasteiger partial charge is 0.462 e. The Morgan fingerprint density at radius 3 is 1.22 bits per heavy atom. The van der Waals surface area contributed by atoms with Gasteiger partial charge in [0.15, 0.2) is 18.7 Å². The summed E-state index contributed by atoms with van der Waals surface area (Å²) in [6.45, 7) is 1.01. The second kappa shape index (κ2) is 42.1. The van der Waals surface area contributed by atoms with Gasteiger partial charge in [-0.25, -0.2) is 4.57 Å². The summed E-state index contributed by atoms with van der Waals surface area (Å²) in [5, 5.41) is 117. The van der Waals surface area contributed by atoms with Gasteiger partial charge in [0.2, 0.25) is 0 Å². The molecule has 3 fully saturated rings. The van der Waals surface area contributed by atoms with Crippen molar-refractivity contribution >= 4 is 19.8 Å². The van der Waals surface area contributed by atoms with E-state index in [9.17, 15) is 75.2 Å². The van der Waals surface area contributed by atoms with Gasteiger partial charge in [-0.15, -0.1) is 0 Å². The lowest BCUT2D eigenvalue weighted by molar-refractivity contribution is -0.360. The molecule has 23 nitrogen and oxygen atoms in total. The average Bonchev–Trinajstić information content (AvgIpc) is 3.48. The van der Waals surface area contributed by atoms with E-state index in [2.05, 4.69) is 26.0 Å². The maximum atomic E-state index is 14.0. The minimum Gasteiger partial charge on any atom is -0.462 e. The van der Waals surface area contributed by atoms with Crippen molar-refractivity contribution < 1.29 is 113 Å². The monoisotopic (exact) mass is 1190 g/mol. The van der Waals surface area contributed by atoms with Crippen molar-refractivity contribution in [3.63, 3.8) is 0 Å². The molecular formula is C57H105O23P. The summed E-state index contributed by atoms with van der Waals surface area (Å²) in [4.78, 5) is 37.5. The molecule has 12 N–H and O–H groups in total. The number of hydrogen-bond acceptors (Lipinski definition) is 22. The summed E-state index contributed by atoms with van der Waals surface area (Å²) in [5.41, 5.74) is 0. The normalized spacial score (nSPS) is 31.0. The zero-order chi connectivity index (χ0) is 59.6. The highest BCUT2D eigenvalue weighted by atomic mass is 31.2. The first-order valence-corrected chi connectivity index (χ1v) is 32.0. The number of hydrogen-bond donors (Lipinski definition) is 12. The summed E-state index contributed by atoms with van der Waals surface area (Å²) < 4.78 is 58.2. The van der Waals surface area contributed by atoms with E-state index in [0.717, 1.165) is 83.5 Å². The first-order valence-electron chi connectivity index (χ1n) is 30.5. The quantitative estimate of drug-likeness (QED) is 0.0170. The molecular weight excluding hydrogens is 1080 g/mol. The number of carbonyl (C=O) groups excluding carboxylic acids is 2. The third-order valence-corrected chi connectivity index (χ3v) is 16.3. The molecule has 3 aliphatic rings. The van der Waals surface area contributed by atoms with Crippen LogP contribution < -0.4 is 0 Å². The molecule has 24 heteroatoms. The van der Waals surface area contributed by atoms with Gasteiger partial charge in [-0.05, 0) is 38.5 Å². The lowest BCUT2D eigenvalue weighted by Crippen LogP contribution is -2.69. The summed E-state index contributed by atoms with van der Waals surface area (Å²) in [7, 11) is -5.63. The minimum absolute atomic E-state index is 0.0278. The van der Waals surface area contributed by atoms with Crippen LogP contribution in [0.4, 0.5) is 0 Å². The highest BCUT2D eigenvalue weighted by Crippen LogP contribution is 2.49. The van der Waals surface area contributed by atoms with Gasteiger partial charge in [0, 0.05) is 12.8 Å². The van der Waals surface area contributed by atoms with Gasteiger partial charge in [-0.2, -0.15) is 0 Å². The molecule has 81 heavy (non-hydrogen) atoms. The minimum atomic E-state index is -5.63. The Morgan fingerprint density at radius 2 is 0.815 bits per heavy atom. The first-order chi connectivity index (χ1) is 38.9. The molecule has 476 valence electrons. The Kier molecular flexibility index (Phi) is 38.2. The number of carbonyl (C=O) groups is 2. The number of ether oxygens (including phenoxy) is 6. The van der Waals surface area contributed by atoms with Crippen LogP contribution >= 0.6 is 7.82 Å². The van der Waals surface area contributed by atoms with E-state index < -0.39 is 150 Å². The number of phosphoric acid groups is 1. The van der Waals surface area contributed by atoms with Gasteiger partial charge in [0.25, 0.3) is 0 Å². The Balaban J connectivity index is 1.68. The van der Waals surface area contributed by atoms with E-state index in [1.54, 1.807) is 0 Å².